The highest BCUT2D eigenvalue weighted by Crippen LogP contribution is 2.30. The molecule has 0 atom stereocenters. The molecule has 29 heavy (non-hydrogen) atoms. The maximum absolute atomic E-state index is 12.5. The minimum Gasteiger partial charge on any atom is -0.455 e. The quantitative estimate of drug-likeness (QED) is 0.427. The summed E-state index contributed by atoms with van der Waals surface area (Å²) >= 11 is 9.76. The number of pyridine rings is 1. The monoisotopic (exact) mass is 473 g/mol. The van der Waals surface area contributed by atoms with E-state index in [0.717, 1.165) is 15.7 Å². The van der Waals surface area contributed by atoms with Gasteiger partial charge in [0.25, 0.3) is 5.91 Å². The van der Waals surface area contributed by atoms with E-state index in [9.17, 15) is 4.79 Å². The third-order valence-electron chi connectivity index (χ3n) is 4.14. The predicted molar refractivity (Wildman–Crippen MR) is 116 cm³/mol. The first-order chi connectivity index (χ1) is 13.9. The lowest BCUT2D eigenvalue weighted by molar-refractivity contribution is 0.0993. The van der Waals surface area contributed by atoms with E-state index in [0.29, 0.717) is 34.3 Å². The number of benzene rings is 1. The van der Waals surface area contributed by atoms with Crippen molar-refractivity contribution in [1.82, 2.24) is 19.9 Å². The molecule has 3 aromatic heterocycles. The molecule has 2 N–H and O–H groups in total. The Bertz CT molecular complexity index is 1200. The number of carbonyl (C=O) groups is 1. The van der Waals surface area contributed by atoms with Crippen molar-refractivity contribution in [3.05, 3.63) is 63.6 Å². The molecular formula is C20H17BrClN5O2. The van der Waals surface area contributed by atoms with Crippen LogP contribution < -0.4 is 5.32 Å². The number of carbonyl (C=O) groups excluding carboxylic acids is 1. The van der Waals surface area contributed by atoms with Crippen molar-refractivity contribution in [3.8, 4) is 11.4 Å². The van der Waals surface area contributed by atoms with Gasteiger partial charge in [-0.05, 0) is 66.4 Å². The summed E-state index contributed by atoms with van der Waals surface area (Å²) in [6.07, 6.45) is 1.68. The maximum atomic E-state index is 12.5. The molecule has 0 aliphatic carbocycles. The van der Waals surface area contributed by atoms with E-state index in [-0.39, 0.29) is 11.7 Å². The lowest BCUT2D eigenvalue weighted by Gasteiger charge is -2.08. The van der Waals surface area contributed by atoms with Crippen molar-refractivity contribution < 1.29 is 9.21 Å². The Morgan fingerprint density at radius 1 is 1.28 bits per heavy atom. The molecule has 4 aromatic rings. The number of aromatic amines is 1. The average Bonchev–Trinajstić information content (AvgIpc) is 3.29. The number of anilines is 1. The summed E-state index contributed by atoms with van der Waals surface area (Å²) in [4.78, 5) is 26.5. The fraction of sp³-hybridized carbons (Fsp3) is 0.150. The number of H-pyrrole nitrogens is 1. The van der Waals surface area contributed by atoms with Crippen molar-refractivity contribution in [2.75, 3.05) is 19.4 Å². The number of hydrogen-bond acceptors (Lipinski definition) is 5. The molecule has 0 aliphatic heterocycles. The molecule has 0 spiro atoms. The summed E-state index contributed by atoms with van der Waals surface area (Å²) < 4.78 is 6.45. The van der Waals surface area contributed by atoms with Gasteiger partial charge in [-0.25, -0.2) is 9.97 Å². The number of fused-ring (bicyclic) bond motifs is 1. The lowest BCUT2D eigenvalue weighted by Crippen LogP contribution is -2.12. The smallest absolute Gasteiger partial charge is 0.291 e. The number of amides is 1. The standard InChI is InChI=1S/C20H17BrClN5O2/c1-27(2)10-13-4-6-17(29-13)20(28)24-12-3-5-15(22)14(8-12)18-25-16-7-11(21)9-23-19(16)26-18/h3-9H,10H2,1-2H3,(H,24,28)(H,23,25,26). The summed E-state index contributed by atoms with van der Waals surface area (Å²) in [6, 6.07) is 10.5. The largest absolute Gasteiger partial charge is 0.455 e. The Morgan fingerprint density at radius 2 is 2.10 bits per heavy atom. The van der Waals surface area contributed by atoms with Gasteiger partial charge in [-0.15, -0.1) is 0 Å². The fourth-order valence-electron chi connectivity index (χ4n) is 2.88. The second kappa shape index (κ2) is 7.98. The molecule has 0 saturated heterocycles. The van der Waals surface area contributed by atoms with E-state index < -0.39 is 0 Å². The molecule has 0 radical (unpaired) electrons. The van der Waals surface area contributed by atoms with Crippen LogP contribution in [0.1, 0.15) is 16.3 Å². The van der Waals surface area contributed by atoms with Gasteiger partial charge in [-0.1, -0.05) is 11.6 Å². The second-order valence-electron chi connectivity index (χ2n) is 6.76. The Kier molecular flexibility index (Phi) is 5.40. The van der Waals surface area contributed by atoms with Crippen LogP contribution in [-0.2, 0) is 6.54 Å². The van der Waals surface area contributed by atoms with Crippen molar-refractivity contribution in [3.63, 3.8) is 0 Å². The van der Waals surface area contributed by atoms with Crippen LogP contribution >= 0.6 is 27.5 Å². The molecule has 0 bridgehead atoms. The molecule has 1 aromatic carbocycles. The first-order valence-corrected chi connectivity index (χ1v) is 9.92. The van der Waals surface area contributed by atoms with Crippen molar-refractivity contribution >= 4 is 50.3 Å². The van der Waals surface area contributed by atoms with Gasteiger partial charge in [-0.2, -0.15) is 0 Å². The summed E-state index contributed by atoms with van der Waals surface area (Å²) in [5.74, 6) is 1.20. The van der Waals surface area contributed by atoms with Crippen LogP contribution in [0.3, 0.4) is 0 Å². The van der Waals surface area contributed by atoms with E-state index in [1.807, 2.05) is 25.1 Å². The Labute approximate surface area is 180 Å². The van der Waals surface area contributed by atoms with Gasteiger partial charge in [-0.3, -0.25) is 4.79 Å². The van der Waals surface area contributed by atoms with Crippen molar-refractivity contribution in [2.45, 2.75) is 6.54 Å². The SMILES string of the molecule is CN(C)Cc1ccc(C(=O)Nc2ccc(Cl)c(-c3nc4ncc(Br)cc4[nH]3)c2)o1. The Balaban J connectivity index is 1.59. The molecule has 0 fully saturated rings. The normalized spacial score (nSPS) is 11.3. The van der Waals surface area contributed by atoms with Crippen LogP contribution in [0.15, 0.2) is 51.5 Å². The van der Waals surface area contributed by atoms with Gasteiger partial charge in [0.2, 0.25) is 0 Å². The summed E-state index contributed by atoms with van der Waals surface area (Å²) in [7, 11) is 3.87. The van der Waals surface area contributed by atoms with E-state index in [2.05, 4.69) is 36.2 Å². The third-order valence-corrected chi connectivity index (χ3v) is 4.90. The topological polar surface area (TPSA) is 87.0 Å². The number of nitrogens with zero attached hydrogens (tertiary/aromatic N) is 3. The number of furan rings is 1. The molecule has 3 heterocycles. The molecular weight excluding hydrogens is 458 g/mol. The van der Waals surface area contributed by atoms with Crippen molar-refractivity contribution in [1.29, 1.82) is 0 Å². The molecule has 1 amide bonds. The summed E-state index contributed by atoms with van der Waals surface area (Å²) in [5.41, 5.74) is 2.60. The first kappa shape index (κ1) is 19.6. The highest BCUT2D eigenvalue weighted by molar-refractivity contribution is 9.10. The van der Waals surface area contributed by atoms with E-state index in [1.54, 1.807) is 36.5 Å². The highest BCUT2D eigenvalue weighted by atomic mass is 79.9. The van der Waals surface area contributed by atoms with Crippen LogP contribution in [0.4, 0.5) is 5.69 Å². The molecule has 9 heteroatoms. The molecule has 148 valence electrons. The summed E-state index contributed by atoms with van der Waals surface area (Å²) in [5, 5.41) is 3.34. The maximum Gasteiger partial charge on any atom is 0.291 e. The van der Waals surface area contributed by atoms with Gasteiger partial charge in [0.15, 0.2) is 11.4 Å². The zero-order valence-electron chi connectivity index (χ0n) is 15.7. The van der Waals surface area contributed by atoms with E-state index >= 15 is 0 Å². The molecule has 0 aliphatic rings. The minimum atomic E-state index is -0.335. The lowest BCUT2D eigenvalue weighted by atomic mass is 10.2. The van der Waals surface area contributed by atoms with Crippen LogP contribution in [0.5, 0.6) is 0 Å². The fourth-order valence-corrected chi connectivity index (χ4v) is 3.41. The third kappa shape index (κ3) is 4.34. The molecule has 0 unspecified atom stereocenters. The zero-order valence-corrected chi connectivity index (χ0v) is 18.0. The number of hydrogen-bond donors (Lipinski definition) is 2. The van der Waals surface area contributed by atoms with Crippen LogP contribution in [0.25, 0.3) is 22.6 Å². The first-order valence-electron chi connectivity index (χ1n) is 8.75. The number of halogens is 2. The number of rotatable bonds is 5. The number of imidazole rings is 1. The van der Waals surface area contributed by atoms with Gasteiger partial charge < -0.3 is 19.6 Å². The zero-order chi connectivity index (χ0) is 20.5. The summed E-state index contributed by atoms with van der Waals surface area (Å²) in [6.45, 7) is 0.620. The molecule has 7 nitrogen and oxygen atoms in total. The van der Waals surface area contributed by atoms with E-state index in [4.69, 9.17) is 16.0 Å². The number of nitrogens with one attached hydrogen (secondary N) is 2. The van der Waals surface area contributed by atoms with Crippen LogP contribution in [0.2, 0.25) is 5.02 Å². The Hall–Kier alpha value is -2.68. The number of aromatic nitrogens is 3. The van der Waals surface area contributed by atoms with Crippen molar-refractivity contribution in [2.24, 2.45) is 0 Å². The molecule has 0 saturated carbocycles. The highest BCUT2D eigenvalue weighted by Gasteiger charge is 2.15. The molecule has 4 rings (SSSR count). The van der Waals surface area contributed by atoms with Gasteiger partial charge in [0, 0.05) is 21.9 Å². The van der Waals surface area contributed by atoms with Gasteiger partial charge >= 0.3 is 0 Å². The van der Waals surface area contributed by atoms with Crippen LogP contribution in [-0.4, -0.2) is 39.9 Å². The average molecular weight is 475 g/mol. The predicted octanol–water partition coefficient (Wildman–Crippen LogP) is 4.95. The Morgan fingerprint density at radius 3 is 2.90 bits per heavy atom. The second-order valence-corrected chi connectivity index (χ2v) is 8.09. The minimum absolute atomic E-state index is 0.246. The van der Waals surface area contributed by atoms with Gasteiger partial charge in [0.05, 0.1) is 17.1 Å². The van der Waals surface area contributed by atoms with Gasteiger partial charge in [0.1, 0.15) is 11.6 Å². The van der Waals surface area contributed by atoms with Crippen LogP contribution in [0, 0.1) is 0 Å². The van der Waals surface area contributed by atoms with E-state index in [1.165, 1.54) is 0 Å².